The molecule has 1 aliphatic heterocycles. The monoisotopic (exact) mass is 472 g/mol. The highest BCUT2D eigenvalue weighted by Gasteiger charge is 2.30. The lowest BCUT2D eigenvalue weighted by molar-refractivity contribution is -0.129. The maximum Gasteiger partial charge on any atom is 0.243 e. The Balaban J connectivity index is 1.35. The van der Waals surface area contributed by atoms with E-state index in [1.54, 1.807) is 39.9 Å². The van der Waals surface area contributed by atoms with Crippen LogP contribution in [0.5, 0.6) is 0 Å². The third-order valence-electron chi connectivity index (χ3n) is 5.32. The first-order valence-electron chi connectivity index (χ1n) is 10.2. The van der Waals surface area contributed by atoms with E-state index in [-0.39, 0.29) is 29.6 Å². The van der Waals surface area contributed by atoms with E-state index in [9.17, 15) is 13.2 Å². The Hall–Kier alpha value is -2.76. The van der Waals surface area contributed by atoms with Crippen LogP contribution >= 0.6 is 11.8 Å². The molecule has 1 amide bonds. The van der Waals surface area contributed by atoms with Gasteiger partial charge in [0.2, 0.25) is 21.1 Å². The topological polar surface area (TPSA) is 101 Å². The number of carbonyl (C=O) groups is 1. The second kappa shape index (κ2) is 9.39. The first-order chi connectivity index (χ1) is 15.4. The lowest BCUT2D eigenvalue weighted by Crippen LogP contribution is -2.50. The molecule has 1 saturated heterocycles. The van der Waals surface area contributed by atoms with Crippen LogP contribution in [0.3, 0.4) is 0 Å². The molecule has 3 aromatic rings. The highest BCUT2D eigenvalue weighted by atomic mass is 32.2. The van der Waals surface area contributed by atoms with Gasteiger partial charge in [-0.2, -0.15) is 8.99 Å². The molecule has 0 bridgehead atoms. The van der Waals surface area contributed by atoms with Crippen LogP contribution in [-0.2, 0) is 14.8 Å². The summed E-state index contributed by atoms with van der Waals surface area (Å²) in [5, 5.41) is 12.4. The van der Waals surface area contributed by atoms with Crippen molar-refractivity contribution in [3.8, 4) is 5.69 Å². The summed E-state index contributed by atoms with van der Waals surface area (Å²) in [5.74, 6) is 0.110. The molecule has 1 aromatic heterocycles. The normalized spacial score (nSPS) is 15.1. The van der Waals surface area contributed by atoms with Crippen LogP contribution in [0.1, 0.15) is 11.1 Å². The second-order valence-corrected chi connectivity index (χ2v) is 10.4. The van der Waals surface area contributed by atoms with Gasteiger partial charge in [0.25, 0.3) is 0 Å². The molecule has 11 heteroatoms. The summed E-state index contributed by atoms with van der Waals surface area (Å²) in [5.41, 5.74) is 3.06. The van der Waals surface area contributed by atoms with Crippen molar-refractivity contribution in [3.05, 3.63) is 59.7 Å². The molecule has 2 heterocycles. The molecule has 2 aromatic carbocycles. The molecule has 168 valence electrons. The minimum atomic E-state index is -3.54. The first-order valence-corrected chi connectivity index (χ1v) is 12.6. The van der Waals surface area contributed by atoms with Gasteiger partial charge in [0.1, 0.15) is 0 Å². The minimum Gasteiger partial charge on any atom is -0.339 e. The van der Waals surface area contributed by atoms with Gasteiger partial charge in [0.15, 0.2) is 0 Å². The molecule has 0 N–H and O–H groups in total. The predicted molar refractivity (Wildman–Crippen MR) is 121 cm³/mol. The van der Waals surface area contributed by atoms with Crippen LogP contribution in [0.4, 0.5) is 0 Å². The largest absolute Gasteiger partial charge is 0.339 e. The number of rotatable bonds is 6. The molecule has 0 aliphatic carbocycles. The number of carbonyl (C=O) groups excluding carboxylic acids is 1. The summed E-state index contributed by atoms with van der Waals surface area (Å²) in [6.07, 6.45) is 0. The number of amides is 1. The van der Waals surface area contributed by atoms with E-state index < -0.39 is 10.0 Å². The maximum absolute atomic E-state index is 12.8. The number of piperazine rings is 1. The molecule has 1 fully saturated rings. The Morgan fingerprint density at radius 3 is 2.44 bits per heavy atom. The number of nitrogens with zero attached hydrogens (tertiary/aromatic N) is 6. The summed E-state index contributed by atoms with van der Waals surface area (Å²) >= 11 is 1.27. The van der Waals surface area contributed by atoms with E-state index in [2.05, 4.69) is 21.6 Å². The number of tetrazole rings is 1. The van der Waals surface area contributed by atoms with Crippen molar-refractivity contribution < 1.29 is 13.2 Å². The fourth-order valence-electron chi connectivity index (χ4n) is 3.60. The summed E-state index contributed by atoms with van der Waals surface area (Å²) in [4.78, 5) is 14.7. The Morgan fingerprint density at radius 2 is 1.75 bits per heavy atom. The van der Waals surface area contributed by atoms with Gasteiger partial charge in [0.05, 0.1) is 16.3 Å². The van der Waals surface area contributed by atoms with E-state index in [4.69, 9.17) is 0 Å². The molecule has 9 nitrogen and oxygen atoms in total. The van der Waals surface area contributed by atoms with Crippen LogP contribution < -0.4 is 0 Å². The number of thioether (sulfide) groups is 1. The van der Waals surface area contributed by atoms with E-state index in [0.29, 0.717) is 18.2 Å². The number of aromatic nitrogens is 4. The van der Waals surface area contributed by atoms with Crippen LogP contribution in [-0.4, -0.2) is 75.7 Å². The van der Waals surface area contributed by atoms with E-state index in [0.717, 1.165) is 16.8 Å². The highest BCUT2D eigenvalue weighted by Crippen LogP contribution is 2.22. The summed E-state index contributed by atoms with van der Waals surface area (Å²) in [7, 11) is -3.54. The molecule has 0 spiro atoms. The zero-order chi connectivity index (χ0) is 22.7. The zero-order valence-electron chi connectivity index (χ0n) is 17.9. The van der Waals surface area contributed by atoms with Gasteiger partial charge in [-0.05, 0) is 48.0 Å². The van der Waals surface area contributed by atoms with Crippen LogP contribution in [0.25, 0.3) is 5.69 Å². The van der Waals surface area contributed by atoms with Gasteiger partial charge in [-0.1, -0.05) is 47.7 Å². The van der Waals surface area contributed by atoms with Gasteiger partial charge in [-0.3, -0.25) is 4.79 Å². The number of hydrogen-bond donors (Lipinski definition) is 0. The Morgan fingerprint density at radius 1 is 1.03 bits per heavy atom. The van der Waals surface area contributed by atoms with Gasteiger partial charge in [-0.15, -0.1) is 5.10 Å². The van der Waals surface area contributed by atoms with E-state index >= 15 is 0 Å². The van der Waals surface area contributed by atoms with Gasteiger partial charge < -0.3 is 4.90 Å². The molecule has 32 heavy (non-hydrogen) atoms. The number of hydrogen-bond acceptors (Lipinski definition) is 7. The van der Waals surface area contributed by atoms with Crippen molar-refractivity contribution in [3.63, 3.8) is 0 Å². The SMILES string of the molecule is Cc1ccc(-n2nnnc2SCC(=O)N2CCN(S(=O)(=O)c3ccccc3)CC2)c(C)c1. The summed E-state index contributed by atoms with van der Waals surface area (Å²) in [6.45, 7) is 5.27. The molecule has 0 atom stereocenters. The van der Waals surface area contributed by atoms with E-state index in [1.165, 1.54) is 16.1 Å². The van der Waals surface area contributed by atoms with Crippen molar-refractivity contribution in [1.82, 2.24) is 29.4 Å². The highest BCUT2D eigenvalue weighted by molar-refractivity contribution is 7.99. The number of sulfonamides is 1. The van der Waals surface area contributed by atoms with Gasteiger partial charge >= 0.3 is 0 Å². The number of benzene rings is 2. The smallest absolute Gasteiger partial charge is 0.243 e. The summed E-state index contributed by atoms with van der Waals surface area (Å²) in [6, 6.07) is 14.4. The molecular formula is C21H24N6O3S2. The van der Waals surface area contributed by atoms with Crippen LogP contribution in [0, 0.1) is 13.8 Å². The fraction of sp³-hybridized carbons (Fsp3) is 0.333. The standard InChI is InChI=1S/C21H24N6O3S2/c1-16-8-9-19(17(2)14-16)27-21(22-23-24-27)31-15-20(28)25-10-12-26(13-11-25)32(29,30)18-6-4-3-5-7-18/h3-9,14H,10-13,15H2,1-2H3. The molecule has 4 rings (SSSR count). The Labute approximate surface area is 191 Å². The average molecular weight is 473 g/mol. The second-order valence-electron chi connectivity index (χ2n) is 7.55. The quantitative estimate of drug-likeness (QED) is 0.505. The van der Waals surface area contributed by atoms with Gasteiger partial charge in [-0.25, -0.2) is 8.42 Å². The van der Waals surface area contributed by atoms with Crippen molar-refractivity contribution >= 4 is 27.7 Å². The summed E-state index contributed by atoms with van der Waals surface area (Å²) < 4.78 is 28.6. The average Bonchev–Trinajstić information content (AvgIpc) is 3.26. The first kappa shape index (κ1) is 22.4. The minimum absolute atomic E-state index is 0.0677. The molecule has 0 radical (unpaired) electrons. The third-order valence-corrected chi connectivity index (χ3v) is 8.14. The molecule has 0 unspecified atom stereocenters. The lowest BCUT2D eigenvalue weighted by atomic mass is 10.1. The zero-order valence-corrected chi connectivity index (χ0v) is 19.5. The molecule has 0 saturated carbocycles. The Kier molecular flexibility index (Phi) is 6.58. The van der Waals surface area contributed by atoms with Crippen LogP contribution in [0.2, 0.25) is 0 Å². The third kappa shape index (κ3) is 4.69. The lowest BCUT2D eigenvalue weighted by Gasteiger charge is -2.34. The van der Waals surface area contributed by atoms with Gasteiger partial charge in [0, 0.05) is 26.2 Å². The predicted octanol–water partition coefficient (Wildman–Crippen LogP) is 1.90. The maximum atomic E-state index is 12.8. The molecular weight excluding hydrogens is 448 g/mol. The van der Waals surface area contributed by atoms with E-state index in [1.807, 2.05) is 26.0 Å². The van der Waals surface area contributed by atoms with Crippen molar-refractivity contribution in [2.45, 2.75) is 23.9 Å². The van der Waals surface area contributed by atoms with Crippen molar-refractivity contribution in [2.75, 3.05) is 31.9 Å². The van der Waals surface area contributed by atoms with Crippen LogP contribution in [0.15, 0.2) is 58.6 Å². The van der Waals surface area contributed by atoms with Crippen molar-refractivity contribution in [1.29, 1.82) is 0 Å². The van der Waals surface area contributed by atoms with Crippen molar-refractivity contribution in [2.24, 2.45) is 0 Å². The number of aryl methyl sites for hydroxylation is 2. The fourth-order valence-corrected chi connectivity index (χ4v) is 5.83. The Bertz CT molecular complexity index is 1210. The molecule has 1 aliphatic rings.